The molecule has 0 bridgehead atoms. The number of rotatable bonds is 5. The average Bonchev–Trinajstić information content (AvgIpc) is 3.48. The molecule has 4 aromatic carbocycles. The molecule has 7 heteroatoms. The predicted molar refractivity (Wildman–Crippen MR) is 157 cm³/mol. The van der Waals surface area contributed by atoms with Crippen molar-refractivity contribution in [2.75, 3.05) is 4.90 Å². The lowest BCUT2D eigenvalue weighted by Gasteiger charge is -2.33. The summed E-state index contributed by atoms with van der Waals surface area (Å²) in [4.78, 5) is 58.8. The number of benzene rings is 4. The number of Topliss-reactive ketones (excluding diaryl/α,β-unsaturated/α-hetero) is 2. The molecular formula is C34H23ClN2O4. The van der Waals surface area contributed by atoms with Gasteiger partial charge in [-0.1, -0.05) is 84.4 Å². The SMILES string of the molecule is O=C(C1=C[C@H]2[C@H]3C(=O)N(c4cccc5ccccc45)C(=O)[C@@H]3[C@H](C(=O)c3ccc(Cl)cc3)N2C=C1)c1ccccc1. The minimum Gasteiger partial charge on any atom is -0.359 e. The fourth-order valence-electron chi connectivity index (χ4n) is 6.38. The van der Waals surface area contributed by atoms with Crippen molar-refractivity contribution in [1.82, 2.24) is 4.90 Å². The third kappa shape index (κ3) is 3.94. The molecule has 3 aliphatic rings. The molecule has 2 amide bonds. The molecule has 41 heavy (non-hydrogen) atoms. The third-order valence-electron chi connectivity index (χ3n) is 8.25. The van der Waals surface area contributed by atoms with Crippen LogP contribution in [0.2, 0.25) is 5.02 Å². The van der Waals surface area contributed by atoms with Gasteiger partial charge in [-0.3, -0.25) is 19.2 Å². The van der Waals surface area contributed by atoms with Crippen molar-refractivity contribution in [3.63, 3.8) is 0 Å². The molecule has 0 spiro atoms. The van der Waals surface area contributed by atoms with Crippen LogP contribution in [-0.4, -0.2) is 40.4 Å². The third-order valence-corrected chi connectivity index (χ3v) is 8.50. The molecule has 4 aromatic rings. The Kier molecular flexibility index (Phi) is 5.94. The molecule has 0 aromatic heterocycles. The Morgan fingerprint density at radius 1 is 0.707 bits per heavy atom. The van der Waals surface area contributed by atoms with Crippen molar-refractivity contribution in [1.29, 1.82) is 0 Å². The second-order valence-electron chi connectivity index (χ2n) is 10.4. The lowest BCUT2D eigenvalue weighted by Crippen LogP contribution is -2.46. The van der Waals surface area contributed by atoms with E-state index >= 15 is 0 Å². The number of anilines is 1. The van der Waals surface area contributed by atoms with Gasteiger partial charge in [0.2, 0.25) is 11.8 Å². The topological polar surface area (TPSA) is 74.8 Å². The highest BCUT2D eigenvalue weighted by molar-refractivity contribution is 6.31. The fourth-order valence-corrected chi connectivity index (χ4v) is 6.51. The molecule has 0 aliphatic carbocycles. The molecule has 0 unspecified atom stereocenters. The van der Waals surface area contributed by atoms with Gasteiger partial charge in [-0.2, -0.15) is 0 Å². The van der Waals surface area contributed by atoms with Crippen LogP contribution in [-0.2, 0) is 9.59 Å². The Hall–Kier alpha value is -4.81. The zero-order valence-corrected chi connectivity index (χ0v) is 22.4. The van der Waals surface area contributed by atoms with Gasteiger partial charge in [0.15, 0.2) is 11.6 Å². The zero-order valence-electron chi connectivity index (χ0n) is 21.7. The van der Waals surface area contributed by atoms with E-state index in [1.54, 1.807) is 77.8 Å². The maximum absolute atomic E-state index is 14.2. The van der Waals surface area contributed by atoms with Gasteiger partial charge in [-0.25, -0.2) is 4.90 Å². The summed E-state index contributed by atoms with van der Waals surface area (Å²) in [6.07, 6.45) is 5.08. The molecular weight excluding hydrogens is 536 g/mol. The summed E-state index contributed by atoms with van der Waals surface area (Å²) in [5.41, 5.74) is 1.82. The van der Waals surface area contributed by atoms with Crippen molar-refractivity contribution >= 4 is 51.4 Å². The standard InChI is InChI=1S/C34H23ClN2O4/c35-24-15-13-22(14-16-24)32(39)30-29-28(27-19-23(17-18-36(27)30)31(38)21-8-2-1-3-9-21)33(40)37(34(29)41)26-12-6-10-20-7-4-5-11-25(20)26/h1-19,27-30H/t27-,28+,29-,30+/m0/s1. The summed E-state index contributed by atoms with van der Waals surface area (Å²) in [5.74, 6) is -3.04. The van der Waals surface area contributed by atoms with Crippen LogP contribution in [0.1, 0.15) is 20.7 Å². The van der Waals surface area contributed by atoms with E-state index < -0.39 is 29.8 Å². The molecule has 3 aliphatic heterocycles. The van der Waals surface area contributed by atoms with Crippen LogP contribution in [0, 0.1) is 11.8 Å². The Bertz CT molecular complexity index is 1810. The van der Waals surface area contributed by atoms with Gasteiger partial charge in [-0.05, 0) is 41.8 Å². The van der Waals surface area contributed by atoms with E-state index in [1.165, 1.54) is 4.90 Å². The van der Waals surface area contributed by atoms with Crippen LogP contribution in [0.25, 0.3) is 10.8 Å². The summed E-state index contributed by atoms with van der Waals surface area (Å²) < 4.78 is 0. The van der Waals surface area contributed by atoms with E-state index in [0.717, 1.165) is 10.8 Å². The van der Waals surface area contributed by atoms with Gasteiger partial charge in [0.05, 0.1) is 23.6 Å². The first-order valence-corrected chi connectivity index (χ1v) is 13.7. The van der Waals surface area contributed by atoms with Gasteiger partial charge < -0.3 is 4.90 Å². The van der Waals surface area contributed by atoms with Gasteiger partial charge in [0.1, 0.15) is 6.04 Å². The number of carbonyl (C=O) groups is 4. The van der Waals surface area contributed by atoms with Gasteiger partial charge in [0.25, 0.3) is 0 Å². The fraction of sp³-hybridized carbons (Fsp3) is 0.118. The number of fused-ring (bicyclic) bond motifs is 4. The molecule has 3 heterocycles. The highest BCUT2D eigenvalue weighted by Crippen LogP contribution is 2.48. The largest absolute Gasteiger partial charge is 0.359 e. The minimum atomic E-state index is -0.929. The Balaban J connectivity index is 1.34. The number of allylic oxidation sites excluding steroid dienone is 2. The zero-order chi connectivity index (χ0) is 28.2. The van der Waals surface area contributed by atoms with Crippen LogP contribution < -0.4 is 4.90 Å². The molecule has 0 radical (unpaired) electrons. The van der Waals surface area contributed by atoms with Crippen molar-refractivity contribution in [2.45, 2.75) is 12.1 Å². The molecule has 0 saturated carbocycles. The number of imide groups is 1. The maximum atomic E-state index is 14.2. The predicted octanol–water partition coefficient (Wildman–Crippen LogP) is 5.87. The van der Waals surface area contributed by atoms with E-state index in [-0.39, 0.29) is 17.5 Å². The molecule has 2 saturated heterocycles. The Morgan fingerprint density at radius 3 is 2.17 bits per heavy atom. The van der Waals surface area contributed by atoms with Crippen molar-refractivity contribution in [2.24, 2.45) is 11.8 Å². The number of nitrogens with zero attached hydrogens (tertiary/aromatic N) is 2. The summed E-state index contributed by atoms with van der Waals surface area (Å²) in [7, 11) is 0. The smallest absolute Gasteiger partial charge is 0.240 e. The van der Waals surface area contributed by atoms with E-state index in [9.17, 15) is 19.2 Å². The number of hydrogen-bond donors (Lipinski definition) is 0. The Morgan fingerprint density at radius 2 is 1.39 bits per heavy atom. The molecule has 2 fully saturated rings. The van der Waals surface area contributed by atoms with Gasteiger partial charge in [0, 0.05) is 33.3 Å². The number of amides is 2. The first-order chi connectivity index (χ1) is 19.9. The first kappa shape index (κ1) is 25.2. The van der Waals surface area contributed by atoms with E-state index in [4.69, 9.17) is 11.6 Å². The van der Waals surface area contributed by atoms with Crippen LogP contribution in [0.5, 0.6) is 0 Å². The highest BCUT2D eigenvalue weighted by Gasteiger charge is 2.63. The minimum absolute atomic E-state index is 0.187. The van der Waals surface area contributed by atoms with E-state index in [1.807, 2.05) is 42.5 Å². The normalized spacial score (nSPS) is 23.0. The van der Waals surface area contributed by atoms with Gasteiger partial charge in [-0.15, -0.1) is 0 Å². The van der Waals surface area contributed by atoms with E-state index in [2.05, 4.69) is 0 Å². The quantitative estimate of drug-likeness (QED) is 0.226. The van der Waals surface area contributed by atoms with Crippen LogP contribution in [0.3, 0.4) is 0 Å². The highest BCUT2D eigenvalue weighted by atomic mass is 35.5. The molecule has 4 atom stereocenters. The van der Waals surface area contributed by atoms with E-state index in [0.29, 0.717) is 27.4 Å². The second kappa shape index (κ2) is 9.68. The lowest BCUT2D eigenvalue weighted by atomic mass is 9.85. The maximum Gasteiger partial charge on any atom is 0.240 e. The average molecular weight is 559 g/mol. The number of carbonyl (C=O) groups excluding carboxylic acids is 4. The number of halogens is 1. The van der Waals surface area contributed by atoms with Crippen molar-refractivity contribution in [3.05, 3.63) is 137 Å². The summed E-state index contributed by atoms with van der Waals surface area (Å²) in [6, 6.07) is 26.9. The van der Waals surface area contributed by atoms with Gasteiger partial charge >= 0.3 is 0 Å². The molecule has 6 nitrogen and oxygen atoms in total. The molecule has 200 valence electrons. The van der Waals surface area contributed by atoms with Crippen molar-refractivity contribution < 1.29 is 19.2 Å². The lowest BCUT2D eigenvalue weighted by molar-refractivity contribution is -0.123. The first-order valence-electron chi connectivity index (χ1n) is 13.4. The van der Waals surface area contributed by atoms with Crippen molar-refractivity contribution in [3.8, 4) is 0 Å². The second-order valence-corrected chi connectivity index (χ2v) is 10.9. The monoisotopic (exact) mass is 558 g/mol. The van der Waals surface area contributed by atoms with Crippen LogP contribution in [0.4, 0.5) is 5.69 Å². The molecule has 7 rings (SSSR count). The number of ketones is 2. The van der Waals surface area contributed by atoms with Crippen LogP contribution in [0.15, 0.2) is 121 Å². The summed E-state index contributed by atoms with van der Waals surface area (Å²) >= 11 is 6.07. The Labute approximate surface area is 241 Å². The summed E-state index contributed by atoms with van der Waals surface area (Å²) in [6.45, 7) is 0. The molecule has 0 N–H and O–H groups in total. The number of hydrogen-bond acceptors (Lipinski definition) is 5. The van der Waals surface area contributed by atoms with Crippen LogP contribution >= 0.6 is 11.6 Å². The summed E-state index contributed by atoms with van der Waals surface area (Å²) in [5, 5.41) is 2.16.